The van der Waals surface area contributed by atoms with Crippen molar-refractivity contribution in [2.24, 2.45) is 0 Å². The number of aliphatic hydroxyl groups excluding tert-OH is 1. The van der Waals surface area contributed by atoms with Crippen LogP contribution < -0.4 is 0 Å². The Morgan fingerprint density at radius 2 is 1.57 bits per heavy atom. The number of carbonyl (C=O) groups is 2. The standard InChI is InChI=1S/C23H28N2O3/c1-16(2)24(23(28)19-12-8-5-9-13-19)14-20-22(18-10-6-4-7-11-18)21(15-26)25(20)17(3)27/h4-13,16,20-22,26H,14-15H2,1-3H3/t20-,21-,22+/m0/s1. The smallest absolute Gasteiger partial charge is 0.254 e. The highest BCUT2D eigenvalue weighted by atomic mass is 16.3. The largest absolute Gasteiger partial charge is 0.394 e. The number of nitrogens with zero attached hydrogens (tertiary/aromatic N) is 2. The van der Waals surface area contributed by atoms with Crippen LogP contribution in [0.3, 0.4) is 0 Å². The maximum atomic E-state index is 13.1. The fourth-order valence-electron chi connectivity index (χ4n) is 4.21. The second-order valence-corrected chi connectivity index (χ2v) is 7.60. The molecular formula is C23H28N2O3. The molecule has 2 amide bonds. The van der Waals surface area contributed by atoms with Crippen LogP contribution in [0.5, 0.6) is 0 Å². The van der Waals surface area contributed by atoms with E-state index in [1.807, 2.05) is 79.4 Å². The summed E-state index contributed by atoms with van der Waals surface area (Å²) in [5.74, 6) is -0.120. The van der Waals surface area contributed by atoms with Crippen LogP contribution in [0, 0.1) is 0 Å². The minimum Gasteiger partial charge on any atom is -0.394 e. The van der Waals surface area contributed by atoms with E-state index in [1.165, 1.54) is 6.92 Å². The van der Waals surface area contributed by atoms with Crippen molar-refractivity contribution in [1.29, 1.82) is 0 Å². The van der Waals surface area contributed by atoms with Gasteiger partial charge in [-0.2, -0.15) is 0 Å². The van der Waals surface area contributed by atoms with Crippen LogP contribution >= 0.6 is 0 Å². The van der Waals surface area contributed by atoms with Gasteiger partial charge < -0.3 is 14.9 Å². The molecule has 3 atom stereocenters. The van der Waals surface area contributed by atoms with Crippen LogP contribution in [0.2, 0.25) is 0 Å². The van der Waals surface area contributed by atoms with Crippen molar-refractivity contribution in [3.05, 3.63) is 71.8 Å². The lowest BCUT2D eigenvalue weighted by Gasteiger charge is -2.56. The van der Waals surface area contributed by atoms with E-state index in [9.17, 15) is 14.7 Å². The van der Waals surface area contributed by atoms with E-state index < -0.39 is 0 Å². The summed E-state index contributed by atoms with van der Waals surface area (Å²) in [6.45, 7) is 5.83. The molecule has 0 spiro atoms. The summed E-state index contributed by atoms with van der Waals surface area (Å²) in [5.41, 5.74) is 1.72. The van der Waals surface area contributed by atoms with Crippen LogP contribution in [-0.4, -0.2) is 58.0 Å². The quantitative estimate of drug-likeness (QED) is 0.838. The van der Waals surface area contributed by atoms with Crippen molar-refractivity contribution in [2.45, 2.75) is 44.8 Å². The zero-order valence-electron chi connectivity index (χ0n) is 16.7. The molecule has 0 saturated carbocycles. The van der Waals surface area contributed by atoms with Gasteiger partial charge in [-0.05, 0) is 31.5 Å². The number of carbonyl (C=O) groups excluding carboxylic acids is 2. The zero-order valence-corrected chi connectivity index (χ0v) is 16.7. The van der Waals surface area contributed by atoms with E-state index in [4.69, 9.17) is 0 Å². The van der Waals surface area contributed by atoms with Crippen LogP contribution in [0.1, 0.15) is 42.6 Å². The highest BCUT2D eigenvalue weighted by molar-refractivity contribution is 5.94. The highest BCUT2D eigenvalue weighted by Gasteiger charge is 2.51. The van der Waals surface area contributed by atoms with Crippen molar-refractivity contribution in [3.63, 3.8) is 0 Å². The minimum absolute atomic E-state index is 0.0000710. The normalized spacial score (nSPS) is 21.3. The Labute approximate surface area is 166 Å². The van der Waals surface area contributed by atoms with Crippen LogP contribution in [-0.2, 0) is 4.79 Å². The van der Waals surface area contributed by atoms with Gasteiger partial charge in [-0.3, -0.25) is 9.59 Å². The van der Waals surface area contributed by atoms with E-state index in [0.29, 0.717) is 12.1 Å². The van der Waals surface area contributed by atoms with Gasteiger partial charge in [-0.1, -0.05) is 48.5 Å². The SMILES string of the molecule is CC(=O)N1[C@@H](CO)[C@H](c2ccccc2)[C@@H]1CN(C(=O)c1ccccc1)C(C)C. The van der Waals surface area contributed by atoms with Crippen LogP contribution in [0.15, 0.2) is 60.7 Å². The van der Waals surface area contributed by atoms with Gasteiger partial charge >= 0.3 is 0 Å². The van der Waals surface area contributed by atoms with E-state index >= 15 is 0 Å². The molecule has 0 radical (unpaired) electrons. The molecule has 2 aromatic rings. The van der Waals surface area contributed by atoms with E-state index in [0.717, 1.165) is 5.56 Å². The van der Waals surface area contributed by atoms with Crippen molar-refractivity contribution >= 4 is 11.8 Å². The summed E-state index contributed by atoms with van der Waals surface area (Å²) < 4.78 is 0. The average Bonchev–Trinajstić information content (AvgIpc) is 2.68. The summed E-state index contributed by atoms with van der Waals surface area (Å²) in [6, 6.07) is 18.7. The Bertz CT molecular complexity index is 807. The van der Waals surface area contributed by atoms with Gasteiger partial charge in [0, 0.05) is 31.0 Å². The van der Waals surface area contributed by atoms with Crippen LogP contribution in [0.25, 0.3) is 0 Å². The average molecular weight is 380 g/mol. The molecule has 148 valence electrons. The van der Waals surface area contributed by atoms with Crippen molar-refractivity contribution in [2.75, 3.05) is 13.2 Å². The molecule has 0 bridgehead atoms. The molecule has 1 saturated heterocycles. The molecule has 0 aliphatic carbocycles. The number of aliphatic hydroxyl groups is 1. The van der Waals surface area contributed by atoms with Crippen molar-refractivity contribution in [1.82, 2.24) is 9.80 Å². The van der Waals surface area contributed by atoms with E-state index in [1.54, 1.807) is 4.90 Å². The molecule has 1 aliphatic heterocycles. The number of benzene rings is 2. The fourth-order valence-corrected chi connectivity index (χ4v) is 4.21. The predicted octanol–water partition coefficient (Wildman–Crippen LogP) is 2.91. The molecule has 3 rings (SSSR count). The topological polar surface area (TPSA) is 60.9 Å². The number of rotatable bonds is 6. The van der Waals surface area contributed by atoms with Gasteiger partial charge in [0.05, 0.1) is 18.7 Å². The van der Waals surface area contributed by atoms with Gasteiger partial charge in [0.25, 0.3) is 5.91 Å². The fraction of sp³-hybridized carbons (Fsp3) is 0.391. The van der Waals surface area contributed by atoms with Crippen LogP contribution in [0.4, 0.5) is 0 Å². The second-order valence-electron chi connectivity index (χ2n) is 7.60. The Morgan fingerprint density at radius 1 is 1.00 bits per heavy atom. The number of hydrogen-bond acceptors (Lipinski definition) is 3. The monoisotopic (exact) mass is 380 g/mol. The molecule has 1 aliphatic rings. The Hall–Kier alpha value is -2.66. The first-order valence-electron chi connectivity index (χ1n) is 9.76. The van der Waals surface area contributed by atoms with E-state index in [-0.39, 0.29) is 42.5 Å². The van der Waals surface area contributed by atoms with Gasteiger partial charge in [0.1, 0.15) is 0 Å². The minimum atomic E-state index is -0.259. The van der Waals surface area contributed by atoms with Gasteiger partial charge in [0.15, 0.2) is 0 Å². The lowest BCUT2D eigenvalue weighted by molar-refractivity contribution is -0.149. The summed E-state index contributed by atoms with van der Waals surface area (Å²) in [6.07, 6.45) is 0. The first kappa shape index (κ1) is 20.1. The predicted molar refractivity (Wildman–Crippen MR) is 109 cm³/mol. The van der Waals surface area contributed by atoms with Gasteiger partial charge in [-0.25, -0.2) is 0 Å². The number of amides is 2. The van der Waals surface area contributed by atoms with Crippen molar-refractivity contribution in [3.8, 4) is 0 Å². The lowest BCUT2D eigenvalue weighted by atomic mass is 9.74. The third-order valence-corrected chi connectivity index (χ3v) is 5.57. The lowest BCUT2D eigenvalue weighted by Crippen LogP contribution is -2.68. The summed E-state index contributed by atoms with van der Waals surface area (Å²) >= 11 is 0. The maximum Gasteiger partial charge on any atom is 0.254 e. The highest BCUT2D eigenvalue weighted by Crippen LogP contribution is 2.41. The second kappa shape index (κ2) is 8.57. The number of hydrogen-bond donors (Lipinski definition) is 1. The first-order valence-corrected chi connectivity index (χ1v) is 9.76. The Balaban J connectivity index is 1.90. The Morgan fingerprint density at radius 3 is 2.07 bits per heavy atom. The molecule has 2 aromatic carbocycles. The maximum absolute atomic E-state index is 13.1. The number of likely N-dealkylation sites (tertiary alicyclic amines) is 1. The van der Waals surface area contributed by atoms with Gasteiger partial charge in [-0.15, -0.1) is 0 Å². The van der Waals surface area contributed by atoms with Crippen molar-refractivity contribution < 1.29 is 14.7 Å². The summed E-state index contributed by atoms with van der Waals surface area (Å²) in [7, 11) is 0. The Kier molecular flexibility index (Phi) is 6.15. The molecule has 1 N–H and O–H groups in total. The molecule has 0 unspecified atom stereocenters. The summed E-state index contributed by atoms with van der Waals surface area (Å²) in [4.78, 5) is 28.9. The molecule has 1 heterocycles. The van der Waals surface area contributed by atoms with E-state index in [2.05, 4.69) is 0 Å². The third-order valence-electron chi connectivity index (χ3n) is 5.57. The first-order chi connectivity index (χ1) is 13.5. The molecular weight excluding hydrogens is 352 g/mol. The third kappa shape index (κ3) is 3.80. The molecule has 1 fully saturated rings. The summed E-state index contributed by atoms with van der Waals surface area (Å²) in [5, 5.41) is 9.91. The molecule has 5 heteroatoms. The molecule has 5 nitrogen and oxygen atoms in total. The zero-order chi connectivity index (χ0) is 20.3. The van der Waals surface area contributed by atoms with Gasteiger partial charge in [0.2, 0.25) is 5.91 Å². The molecule has 0 aromatic heterocycles. The molecule has 28 heavy (non-hydrogen) atoms.